The standard InChI is InChI=1S/C14H14N4O2/c1-20-10-4-2-9(3-5-10)7-18-8-12-11(13(18)19)6-16-14(15)17-12/h2-6H,7-8H2,1H3,(H2,15,16,17). The summed E-state index contributed by atoms with van der Waals surface area (Å²) in [6, 6.07) is 7.63. The second-order valence-electron chi connectivity index (χ2n) is 4.60. The largest absolute Gasteiger partial charge is 0.497 e. The molecule has 1 aliphatic rings. The van der Waals surface area contributed by atoms with E-state index in [4.69, 9.17) is 10.5 Å². The molecule has 1 amide bonds. The minimum atomic E-state index is -0.0594. The highest BCUT2D eigenvalue weighted by atomic mass is 16.5. The normalized spacial score (nSPS) is 13.4. The molecule has 1 aromatic carbocycles. The summed E-state index contributed by atoms with van der Waals surface area (Å²) in [4.78, 5) is 21.9. The van der Waals surface area contributed by atoms with Gasteiger partial charge in [-0.25, -0.2) is 9.97 Å². The second-order valence-corrected chi connectivity index (χ2v) is 4.60. The van der Waals surface area contributed by atoms with Crippen LogP contribution in [0, 0.1) is 0 Å². The molecular weight excluding hydrogens is 256 g/mol. The highest BCUT2D eigenvalue weighted by molar-refractivity contribution is 5.97. The van der Waals surface area contributed by atoms with E-state index in [-0.39, 0.29) is 11.9 Å². The van der Waals surface area contributed by atoms with Crippen LogP contribution in [0.3, 0.4) is 0 Å². The van der Waals surface area contributed by atoms with Crippen LogP contribution in [-0.4, -0.2) is 27.9 Å². The van der Waals surface area contributed by atoms with Gasteiger partial charge in [-0.1, -0.05) is 12.1 Å². The summed E-state index contributed by atoms with van der Waals surface area (Å²) in [6.07, 6.45) is 1.49. The molecule has 0 bridgehead atoms. The van der Waals surface area contributed by atoms with Gasteiger partial charge >= 0.3 is 0 Å². The Labute approximate surface area is 116 Å². The average molecular weight is 270 g/mol. The number of nitrogen functional groups attached to an aromatic ring is 1. The van der Waals surface area contributed by atoms with Crippen molar-refractivity contribution in [2.24, 2.45) is 0 Å². The molecule has 1 aliphatic heterocycles. The lowest BCUT2D eigenvalue weighted by atomic mass is 10.2. The maximum atomic E-state index is 12.2. The number of nitrogens with zero attached hydrogens (tertiary/aromatic N) is 3. The summed E-state index contributed by atoms with van der Waals surface area (Å²) in [5, 5.41) is 0. The predicted octanol–water partition coefficient (Wildman–Crippen LogP) is 1.22. The van der Waals surface area contributed by atoms with E-state index in [9.17, 15) is 4.79 Å². The van der Waals surface area contributed by atoms with Crippen molar-refractivity contribution in [3.63, 3.8) is 0 Å². The van der Waals surface area contributed by atoms with Gasteiger partial charge in [0.15, 0.2) is 0 Å². The number of aromatic nitrogens is 2. The van der Waals surface area contributed by atoms with E-state index >= 15 is 0 Å². The summed E-state index contributed by atoms with van der Waals surface area (Å²) >= 11 is 0. The lowest BCUT2D eigenvalue weighted by Crippen LogP contribution is -2.23. The summed E-state index contributed by atoms with van der Waals surface area (Å²) in [5.41, 5.74) is 7.80. The zero-order valence-electron chi connectivity index (χ0n) is 11.0. The van der Waals surface area contributed by atoms with Gasteiger partial charge in [-0.05, 0) is 17.7 Å². The van der Waals surface area contributed by atoms with E-state index in [1.165, 1.54) is 6.20 Å². The van der Waals surface area contributed by atoms with E-state index in [2.05, 4.69) is 9.97 Å². The van der Waals surface area contributed by atoms with Gasteiger partial charge in [-0.3, -0.25) is 4.79 Å². The highest BCUT2D eigenvalue weighted by Gasteiger charge is 2.29. The molecule has 0 saturated heterocycles. The number of carbonyl (C=O) groups is 1. The number of ether oxygens (including phenoxy) is 1. The molecule has 2 heterocycles. The minimum Gasteiger partial charge on any atom is -0.497 e. The Bertz CT molecular complexity index is 655. The minimum absolute atomic E-state index is 0.0594. The van der Waals surface area contributed by atoms with Gasteiger partial charge in [0.2, 0.25) is 5.95 Å². The molecule has 6 heteroatoms. The fourth-order valence-corrected chi connectivity index (χ4v) is 2.23. The van der Waals surface area contributed by atoms with Crippen LogP contribution in [-0.2, 0) is 13.1 Å². The van der Waals surface area contributed by atoms with Crippen molar-refractivity contribution >= 4 is 11.9 Å². The Morgan fingerprint density at radius 3 is 2.80 bits per heavy atom. The lowest BCUT2D eigenvalue weighted by molar-refractivity contribution is 0.0766. The number of nitrogens with two attached hydrogens (primary N) is 1. The molecule has 0 atom stereocenters. The molecule has 2 aromatic rings. The van der Waals surface area contributed by atoms with Crippen LogP contribution in [0.1, 0.15) is 21.6 Å². The van der Waals surface area contributed by atoms with Gasteiger partial charge < -0.3 is 15.4 Å². The van der Waals surface area contributed by atoms with Crippen LogP contribution < -0.4 is 10.5 Å². The SMILES string of the molecule is COc1ccc(CN2Cc3nc(N)ncc3C2=O)cc1. The number of amides is 1. The van der Waals surface area contributed by atoms with Crippen molar-refractivity contribution in [2.75, 3.05) is 12.8 Å². The first-order chi connectivity index (χ1) is 9.67. The molecular formula is C14H14N4O2. The van der Waals surface area contributed by atoms with Gasteiger partial charge in [0, 0.05) is 12.7 Å². The van der Waals surface area contributed by atoms with E-state index < -0.39 is 0 Å². The van der Waals surface area contributed by atoms with E-state index in [1.54, 1.807) is 12.0 Å². The maximum Gasteiger partial charge on any atom is 0.258 e. The molecule has 6 nitrogen and oxygen atoms in total. The molecule has 1 aromatic heterocycles. The third-order valence-corrected chi connectivity index (χ3v) is 3.28. The fraction of sp³-hybridized carbons (Fsp3) is 0.214. The number of anilines is 1. The molecule has 0 saturated carbocycles. The smallest absolute Gasteiger partial charge is 0.258 e. The van der Waals surface area contributed by atoms with Crippen molar-refractivity contribution in [3.05, 3.63) is 47.3 Å². The molecule has 0 aliphatic carbocycles. The molecule has 3 rings (SSSR count). The predicted molar refractivity (Wildman–Crippen MR) is 73.0 cm³/mol. The van der Waals surface area contributed by atoms with Crippen LogP contribution in [0.25, 0.3) is 0 Å². The maximum absolute atomic E-state index is 12.2. The Balaban J connectivity index is 1.78. The molecule has 0 spiro atoms. The highest BCUT2D eigenvalue weighted by Crippen LogP contribution is 2.23. The Morgan fingerprint density at radius 1 is 1.35 bits per heavy atom. The van der Waals surface area contributed by atoms with Crippen LogP contribution in [0.15, 0.2) is 30.5 Å². The Hall–Kier alpha value is -2.63. The first-order valence-electron chi connectivity index (χ1n) is 6.21. The molecule has 2 N–H and O–H groups in total. The van der Waals surface area contributed by atoms with Crippen molar-refractivity contribution in [1.29, 1.82) is 0 Å². The van der Waals surface area contributed by atoms with Crippen molar-refractivity contribution in [1.82, 2.24) is 14.9 Å². The first kappa shape index (κ1) is 12.4. The van der Waals surface area contributed by atoms with E-state index in [0.29, 0.717) is 24.3 Å². The summed E-state index contributed by atoms with van der Waals surface area (Å²) in [5.74, 6) is 0.932. The molecule has 20 heavy (non-hydrogen) atoms. The van der Waals surface area contributed by atoms with E-state index in [1.807, 2.05) is 24.3 Å². The lowest BCUT2D eigenvalue weighted by Gasteiger charge is -2.15. The zero-order valence-corrected chi connectivity index (χ0v) is 11.0. The third kappa shape index (κ3) is 2.16. The number of fused-ring (bicyclic) bond motifs is 1. The second kappa shape index (κ2) is 4.80. The van der Waals surface area contributed by atoms with Crippen LogP contribution >= 0.6 is 0 Å². The topological polar surface area (TPSA) is 81.3 Å². The summed E-state index contributed by atoms with van der Waals surface area (Å²) < 4.78 is 5.11. The number of hydrogen-bond donors (Lipinski definition) is 1. The number of methoxy groups -OCH3 is 1. The van der Waals surface area contributed by atoms with Crippen LogP contribution in [0.4, 0.5) is 5.95 Å². The zero-order chi connectivity index (χ0) is 14.1. The van der Waals surface area contributed by atoms with Crippen molar-refractivity contribution < 1.29 is 9.53 Å². The average Bonchev–Trinajstić information content (AvgIpc) is 2.75. The Morgan fingerprint density at radius 2 is 2.10 bits per heavy atom. The van der Waals surface area contributed by atoms with Crippen molar-refractivity contribution in [2.45, 2.75) is 13.1 Å². The first-order valence-corrected chi connectivity index (χ1v) is 6.21. The van der Waals surface area contributed by atoms with E-state index in [0.717, 1.165) is 11.3 Å². The molecule has 0 unspecified atom stereocenters. The van der Waals surface area contributed by atoms with Crippen molar-refractivity contribution in [3.8, 4) is 5.75 Å². The summed E-state index contributed by atoms with van der Waals surface area (Å²) in [6.45, 7) is 0.992. The number of rotatable bonds is 3. The quantitative estimate of drug-likeness (QED) is 0.907. The molecule has 0 fully saturated rings. The third-order valence-electron chi connectivity index (χ3n) is 3.28. The van der Waals surface area contributed by atoms with Gasteiger partial charge in [0.25, 0.3) is 5.91 Å². The number of carbonyl (C=O) groups excluding carboxylic acids is 1. The monoisotopic (exact) mass is 270 g/mol. The fourth-order valence-electron chi connectivity index (χ4n) is 2.23. The van der Waals surface area contributed by atoms with Gasteiger partial charge in [0.05, 0.1) is 24.9 Å². The molecule has 0 radical (unpaired) electrons. The number of benzene rings is 1. The molecule has 102 valence electrons. The van der Waals surface area contributed by atoms with Gasteiger partial charge in [0.1, 0.15) is 5.75 Å². The van der Waals surface area contributed by atoms with Crippen LogP contribution in [0.5, 0.6) is 5.75 Å². The Kier molecular flexibility index (Phi) is 2.98. The van der Waals surface area contributed by atoms with Gasteiger partial charge in [-0.15, -0.1) is 0 Å². The van der Waals surface area contributed by atoms with Gasteiger partial charge in [-0.2, -0.15) is 0 Å². The summed E-state index contributed by atoms with van der Waals surface area (Å²) in [7, 11) is 1.62. The number of hydrogen-bond acceptors (Lipinski definition) is 5. The van der Waals surface area contributed by atoms with Crippen LogP contribution in [0.2, 0.25) is 0 Å².